The minimum absolute atomic E-state index is 0.114. The summed E-state index contributed by atoms with van der Waals surface area (Å²) in [5, 5.41) is 0. The molecule has 0 fully saturated rings. The maximum absolute atomic E-state index is 12.0. The second-order valence-electron chi connectivity index (χ2n) is 3.40. The van der Waals surface area contributed by atoms with E-state index in [-0.39, 0.29) is 11.7 Å². The molecule has 15 heavy (non-hydrogen) atoms. The normalized spacial score (nSPS) is 18.9. The molecule has 1 aromatic rings. The smallest absolute Gasteiger partial charge is 0.174 e. The lowest BCUT2D eigenvalue weighted by atomic mass is 9.96. The summed E-state index contributed by atoms with van der Waals surface area (Å²) in [4.78, 5) is 16.2. The topological polar surface area (TPSA) is 38.7 Å². The Labute approximate surface area is 102 Å². The molecule has 1 aromatic carbocycles. The van der Waals surface area contributed by atoms with Crippen molar-refractivity contribution in [3.05, 3.63) is 21.3 Å². The van der Waals surface area contributed by atoms with E-state index in [1.54, 1.807) is 13.3 Å². The van der Waals surface area contributed by atoms with Crippen LogP contribution in [-0.2, 0) is 0 Å². The van der Waals surface area contributed by atoms with E-state index in [4.69, 9.17) is 4.74 Å². The van der Waals surface area contributed by atoms with Gasteiger partial charge in [-0.05, 0) is 34.7 Å². The zero-order valence-corrected chi connectivity index (χ0v) is 10.6. The Kier molecular flexibility index (Phi) is 2.77. The number of fused-ring (bicyclic) bond motifs is 1. The minimum Gasteiger partial charge on any atom is -0.494 e. The lowest BCUT2D eigenvalue weighted by Gasteiger charge is -2.17. The number of carbonyl (C=O) groups is 1. The zero-order valence-electron chi connectivity index (χ0n) is 8.45. The highest BCUT2D eigenvalue weighted by Crippen LogP contribution is 2.37. The number of hydrogen-bond donors (Lipinski definition) is 0. The molecule has 1 heterocycles. The number of carbonyl (C=O) groups excluding carboxylic acids is 1. The fourth-order valence-corrected chi connectivity index (χ4v) is 2.26. The van der Waals surface area contributed by atoms with Gasteiger partial charge in [-0.15, -0.1) is 0 Å². The summed E-state index contributed by atoms with van der Waals surface area (Å²) in [6, 6.07) is 3.71. The second kappa shape index (κ2) is 3.92. The second-order valence-corrected chi connectivity index (χ2v) is 4.57. The molecule has 0 radical (unpaired) electrons. The average Bonchev–Trinajstić information content (AvgIpc) is 2.24. The molecule has 2 rings (SSSR count). The predicted octanol–water partition coefficient (Wildman–Crippen LogP) is 2.83. The number of ether oxygens (including phenoxy) is 1. The Morgan fingerprint density at radius 3 is 2.87 bits per heavy atom. The van der Waals surface area contributed by atoms with Gasteiger partial charge in [0.2, 0.25) is 0 Å². The summed E-state index contributed by atoms with van der Waals surface area (Å²) in [6.45, 7) is 1.85. The maximum atomic E-state index is 12.0. The summed E-state index contributed by atoms with van der Waals surface area (Å²) in [5.41, 5.74) is 1.34. The molecule has 0 spiro atoms. The Morgan fingerprint density at radius 1 is 1.47 bits per heavy atom. The zero-order chi connectivity index (χ0) is 11.0. The van der Waals surface area contributed by atoms with E-state index >= 15 is 0 Å². The molecular weight excluding hydrogens is 305 g/mol. The van der Waals surface area contributed by atoms with E-state index < -0.39 is 0 Å². The van der Waals surface area contributed by atoms with Crippen molar-refractivity contribution in [2.24, 2.45) is 10.9 Å². The quantitative estimate of drug-likeness (QED) is 0.748. The van der Waals surface area contributed by atoms with Gasteiger partial charge in [0.15, 0.2) is 5.78 Å². The van der Waals surface area contributed by atoms with Crippen LogP contribution in [-0.4, -0.2) is 19.1 Å². The first-order valence-electron chi connectivity index (χ1n) is 4.60. The third kappa shape index (κ3) is 1.67. The molecule has 0 bridgehead atoms. The molecule has 0 amide bonds. The Hall–Kier alpha value is -0.910. The van der Waals surface area contributed by atoms with E-state index in [1.165, 1.54) is 0 Å². The van der Waals surface area contributed by atoms with Crippen LogP contribution in [0.4, 0.5) is 5.69 Å². The van der Waals surface area contributed by atoms with Crippen molar-refractivity contribution in [3.8, 4) is 5.75 Å². The van der Waals surface area contributed by atoms with Crippen LogP contribution in [0.15, 0.2) is 17.1 Å². The first kappa shape index (κ1) is 10.6. The number of ketones is 1. The van der Waals surface area contributed by atoms with E-state index in [2.05, 4.69) is 27.6 Å². The van der Waals surface area contributed by atoms with Crippen molar-refractivity contribution in [2.75, 3.05) is 7.11 Å². The molecule has 1 aliphatic heterocycles. The molecule has 1 aliphatic rings. The molecule has 1 atom stereocenters. The first-order valence-corrected chi connectivity index (χ1v) is 5.68. The van der Waals surface area contributed by atoms with Gasteiger partial charge in [-0.3, -0.25) is 9.79 Å². The standard InChI is InChI=1S/C11H10INO2/c1-6-5-13-10-8(15-2)4-3-7(12)9(10)11(6)14/h3-6H,1-2H3. The average molecular weight is 315 g/mol. The number of Topliss-reactive ketones (excluding diaryl/α,β-unsaturated/α-hetero) is 1. The highest BCUT2D eigenvalue weighted by Gasteiger charge is 2.25. The van der Waals surface area contributed by atoms with E-state index in [0.717, 1.165) is 3.57 Å². The highest BCUT2D eigenvalue weighted by atomic mass is 127. The first-order chi connectivity index (χ1) is 7.15. The third-order valence-electron chi connectivity index (χ3n) is 2.40. The molecule has 0 saturated carbocycles. The molecule has 0 N–H and O–H groups in total. The molecule has 0 aromatic heterocycles. The van der Waals surface area contributed by atoms with Crippen LogP contribution in [0.2, 0.25) is 0 Å². The highest BCUT2D eigenvalue weighted by molar-refractivity contribution is 14.1. The van der Waals surface area contributed by atoms with Gasteiger partial charge in [-0.1, -0.05) is 6.92 Å². The molecule has 0 saturated heterocycles. The van der Waals surface area contributed by atoms with Crippen LogP contribution in [0.1, 0.15) is 17.3 Å². The van der Waals surface area contributed by atoms with Gasteiger partial charge in [0.25, 0.3) is 0 Å². The SMILES string of the molecule is COc1ccc(I)c2c1N=CC(C)C2=O. The number of rotatable bonds is 1. The lowest BCUT2D eigenvalue weighted by Crippen LogP contribution is -2.17. The van der Waals surface area contributed by atoms with Crippen LogP contribution >= 0.6 is 22.6 Å². The minimum atomic E-state index is -0.141. The molecular formula is C11H10INO2. The van der Waals surface area contributed by atoms with Crippen LogP contribution in [0, 0.1) is 9.49 Å². The van der Waals surface area contributed by atoms with Crippen molar-refractivity contribution < 1.29 is 9.53 Å². The number of aliphatic imine (C=N–C) groups is 1. The van der Waals surface area contributed by atoms with Gasteiger partial charge in [0, 0.05) is 9.78 Å². The van der Waals surface area contributed by atoms with Crippen molar-refractivity contribution in [3.63, 3.8) is 0 Å². The molecule has 1 unspecified atom stereocenters. The van der Waals surface area contributed by atoms with Crippen LogP contribution in [0.5, 0.6) is 5.75 Å². The Morgan fingerprint density at radius 2 is 2.20 bits per heavy atom. The van der Waals surface area contributed by atoms with E-state index in [1.807, 2.05) is 19.1 Å². The molecule has 4 heteroatoms. The van der Waals surface area contributed by atoms with Crippen molar-refractivity contribution in [2.45, 2.75) is 6.92 Å². The van der Waals surface area contributed by atoms with E-state index in [0.29, 0.717) is 17.0 Å². The van der Waals surface area contributed by atoms with Crippen molar-refractivity contribution >= 4 is 40.3 Å². The third-order valence-corrected chi connectivity index (χ3v) is 3.30. The molecule has 78 valence electrons. The van der Waals surface area contributed by atoms with Crippen LogP contribution in [0.3, 0.4) is 0 Å². The number of halogens is 1. The fraction of sp³-hybridized carbons (Fsp3) is 0.273. The van der Waals surface area contributed by atoms with Gasteiger partial charge >= 0.3 is 0 Å². The fourth-order valence-electron chi connectivity index (χ4n) is 1.56. The summed E-state index contributed by atoms with van der Waals surface area (Å²) in [7, 11) is 1.58. The summed E-state index contributed by atoms with van der Waals surface area (Å²) >= 11 is 2.15. The monoisotopic (exact) mass is 315 g/mol. The van der Waals surface area contributed by atoms with Gasteiger partial charge in [0.05, 0.1) is 18.6 Å². The number of hydrogen-bond acceptors (Lipinski definition) is 3. The summed E-state index contributed by atoms with van der Waals surface area (Å²) in [6.07, 6.45) is 1.67. The lowest BCUT2D eigenvalue weighted by molar-refractivity contribution is 0.0961. The van der Waals surface area contributed by atoms with E-state index in [9.17, 15) is 4.79 Å². The van der Waals surface area contributed by atoms with Crippen LogP contribution in [0.25, 0.3) is 0 Å². The van der Waals surface area contributed by atoms with Gasteiger partial charge in [0.1, 0.15) is 11.4 Å². The Bertz CT molecular complexity index is 454. The number of benzene rings is 1. The Balaban J connectivity index is 2.69. The largest absolute Gasteiger partial charge is 0.494 e. The molecule has 3 nitrogen and oxygen atoms in total. The van der Waals surface area contributed by atoms with Gasteiger partial charge < -0.3 is 4.74 Å². The number of nitrogens with zero attached hydrogens (tertiary/aromatic N) is 1. The molecule has 0 aliphatic carbocycles. The number of methoxy groups -OCH3 is 1. The van der Waals surface area contributed by atoms with Crippen molar-refractivity contribution in [1.29, 1.82) is 0 Å². The van der Waals surface area contributed by atoms with Crippen molar-refractivity contribution in [1.82, 2.24) is 0 Å². The summed E-state index contributed by atoms with van der Waals surface area (Å²) < 4.78 is 6.11. The maximum Gasteiger partial charge on any atom is 0.174 e. The summed E-state index contributed by atoms with van der Waals surface area (Å²) in [5.74, 6) is 0.628. The van der Waals surface area contributed by atoms with Gasteiger partial charge in [-0.2, -0.15) is 0 Å². The van der Waals surface area contributed by atoms with Gasteiger partial charge in [-0.25, -0.2) is 0 Å². The van der Waals surface area contributed by atoms with Crippen LogP contribution < -0.4 is 4.74 Å². The predicted molar refractivity (Wildman–Crippen MR) is 67.4 cm³/mol.